The lowest BCUT2D eigenvalue weighted by molar-refractivity contribution is 0.414. The average Bonchev–Trinajstić information content (AvgIpc) is 3.72. The van der Waals surface area contributed by atoms with Gasteiger partial charge in [0.05, 0.1) is 41.5 Å². The molecule has 4 nitrogen and oxygen atoms in total. The van der Waals surface area contributed by atoms with Crippen LogP contribution in [0.1, 0.15) is 39.2 Å². The van der Waals surface area contributed by atoms with Crippen molar-refractivity contribution in [1.82, 2.24) is 8.97 Å². The smallest absolute Gasteiger partial charge is 0.142 e. The van der Waals surface area contributed by atoms with Gasteiger partial charge in [0.1, 0.15) is 5.75 Å². The first-order valence-corrected chi connectivity index (χ1v) is 18.7. The number of para-hydroxylation sites is 4. The lowest BCUT2D eigenvalue weighted by Crippen LogP contribution is -2.22. The Labute approximate surface area is 314 Å². The first kappa shape index (κ1) is 36.8. The molecule has 268 valence electrons. The molecule has 8 aromatic rings. The molecule has 0 saturated heterocycles. The van der Waals surface area contributed by atoms with Gasteiger partial charge in [-0.1, -0.05) is 141 Å². The van der Waals surface area contributed by atoms with Gasteiger partial charge < -0.3 is 18.6 Å². The third-order valence-electron chi connectivity index (χ3n) is 9.63. The molecule has 53 heavy (non-hydrogen) atoms. The fraction of sp³-hybridized carbons (Fsp3) is 0.184. The number of aryl methyl sites for hydroxylation is 1. The van der Waals surface area contributed by atoms with Gasteiger partial charge in [0.25, 0.3) is 0 Å². The van der Waals surface area contributed by atoms with Gasteiger partial charge in [-0.25, -0.2) is 0 Å². The lowest BCUT2D eigenvalue weighted by Gasteiger charge is -2.24. The van der Waals surface area contributed by atoms with E-state index in [2.05, 4.69) is 157 Å². The second-order valence-corrected chi connectivity index (χ2v) is 13.2. The van der Waals surface area contributed by atoms with Crippen LogP contribution in [0.4, 0.5) is 5.69 Å². The number of benzene rings is 5. The number of nitrogens with zero attached hydrogens (tertiary/aromatic N) is 3. The van der Waals surface area contributed by atoms with Crippen molar-refractivity contribution >= 4 is 61.3 Å². The zero-order valence-electron chi connectivity index (χ0n) is 32.0. The van der Waals surface area contributed by atoms with Crippen LogP contribution in [0.3, 0.4) is 0 Å². The quantitative estimate of drug-likeness (QED) is 0.183. The number of anilines is 1. The average molecular weight is 698 g/mol. The minimum Gasteiger partial charge on any atom is -0.495 e. The lowest BCUT2D eigenvalue weighted by atomic mass is 10.0. The largest absolute Gasteiger partial charge is 0.495 e. The second kappa shape index (κ2) is 17.0. The maximum atomic E-state index is 5.67. The summed E-state index contributed by atoms with van der Waals surface area (Å²) < 4.78 is 10.4. The zero-order valence-corrected chi connectivity index (χ0v) is 32.0. The number of fused-ring (bicyclic) bond motifs is 8. The van der Waals surface area contributed by atoms with Gasteiger partial charge in [0.15, 0.2) is 0 Å². The molecule has 0 spiro atoms. The number of methoxy groups -OCH3 is 1. The molecule has 3 aromatic heterocycles. The fourth-order valence-electron chi connectivity index (χ4n) is 7.18. The highest BCUT2D eigenvalue weighted by Crippen LogP contribution is 2.42. The first-order chi connectivity index (χ1) is 26.0. The molecule has 0 atom stereocenters. The van der Waals surface area contributed by atoms with Crippen LogP contribution in [0.15, 0.2) is 157 Å². The van der Waals surface area contributed by atoms with E-state index in [0.29, 0.717) is 6.67 Å². The van der Waals surface area contributed by atoms with E-state index in [4.69, 9.17) is 4.74 Å². The maximum absolute atomic E-state index is 5.67. The fourth-order valence-corrected chi connectivity index (χ4v) is 7.18. The Morgan fingerprint density at radius 2 is 1.32 bits per heavy atom. The number of hydrogen-bond acceptors (Lipinski definition) is 2. The molecular formula is C49H51N3O. The molecule has 0 unspecified atom stereocenters. The van der Waals surface area contributed by atoms with E-state index in [0.717, 1.165) is 22.0 Å². The molecule has 3 heterocycles. The molecule has 0 bridgehead atoms. The second-order valence-electron chi connectivity index (χ2n) is 13.2. The summed E-state index contributed by atoms with van der Waals surface area (Å²) in [5.74, 6) is 0.857. The predicted molar refractivity (Wildman–Crippen MR) is 231 cm³/mol. The van der Waals surface area contributed by atoms with Crippen LogP contribution < -0.4 is 14.9 Å². The summed E-state index contributed by atoms with van der Waals surface area (Å²) in [5.41, 5.74) is 8.67. The van der Waals surface area contributed by atoms with Gasteiger partial charge in [0, 0.05) is 40.2 Å². The van der Waals surface area contributed by atoms with Crippen LogP contribution in [0.25, 0.3) is 55.6 Å². The molecule has 1 aliphatic rings. The van der Waals surface area contributed by atoms with Crippen molar-refractivity contribution in [3.63, 3.8) is 0 Å². The molecule has 9 rings (SSSR count). The third kappa shape index (κ3) is 7.64. The molecule has 0 radical (unpaired) electrons. The van der Waals surface area contributed by atoms with E-state index < -0.39 is 0 Å². The Kier molecular flexibility index (Phi) is 11.8. The Balaban J connectivity index is 0.000000250. The van der Waals surface area contributed by atoms with Gasteiger partial charge in [-0.15, -0.1) is 0 Å². The zero-order chi connectivity index (χ0) is 37.3. The number of hydrogen-bond donors (Lipinski definition) is 0. The van der Waals surface area contributed by atoms with Crippen molar-refractivity contribution in [1.29, 1.82) is 0 Å². The van der Waals surface area contributed by atoms with Crippen molar-refractivity contribution in [2.45, 2.75) is 47.2 Å². The molecule has 0 saturated carbocycles. The molecule has 0 aliphatic heterocycles. The molecule has 0 N–H and O–H groups in total. The van der Waals surface area contributed by atoms with Crippen LogP contribution in [0.2, 0.25) is 0 Å². The standard InChI is InChI=1S/C33H27N3O.C7H10.C7H8.C2H6/c1-22-12-10-11-19-35(21-34(2)29-17-8-9-18-30(29)37-3)32-25(22)20-26-23-13-4-6-15-27(23)36-28-16-7-5-14-24(28)31(32)33(26)36;2*1-7-5-3-2-4-6-7;1-2/h4-20H,1,21H2,2-3H3;3,5-6H,2,4H2,1H3;2-6H,1H3;1-2H3. The normalized spacial score (nSPS) is 12.0. The summed E-state index contributed by atoms with van der Waals surface area (Å²) in [4.78, 5) is 2.23. The van der Waals surface area contributed by atoms with E-state index >= 15 is 0 Å². The van der Waals surface area contributed by atoms with Crippen LogP contribution >= 0.6 is 0 Å². The Morgan fingerprint density at radius 1 is 0.679 bits per heavy atom. The molecule has 0 fully saturated rings. The Morgan fingerprint density at radius 3 is 1.96 bits per heavy atom. The van der Waals surface area contributed by atoms with Crippen LogP contribution in [0.5, 0.6) is 5.75 Å². The van der Waals surface area contributed by atoms with E-state index in [9.17, 15) is 0 Å². The van der Waals surface area contributed by atoms with E-state index in [-0.39, 0.29) is 0 Å². The van der Waals surface area contributed by atoms with E-state index in [1.807, 2.05) is 50.2 Å². The molecule has 0 amide bonds. The minimum absolute atomic E-state index is 0.645. The van der Waals surface area contributed by atoms with Gasteiger partial charge >= 0.3 is 0 Å². The monoisotopic (exact) mass is 697 g/mol. The van der Waals surface area contributed by atoms with Crippen molar-refractivity contribution < 1.29 is 4.74 Å². The molecular weight excluding hydrogens is 647 g/mol. The van der Waals surface area contributed by atoms with Crippen molar-refractivity contribution in [2.24, 2.45) is 0 Å². The number of allylic oxidation sites excluding steroid dienone is 4. The summed E-state index contributed by atoms with van der Waals surface area (Å²) in [6.45, 7) is 13.4. The van der Waals surface area contributed by atoms with Gasteiger partial charge in [-0.2, -0.15) is 0 Å². The summed E-state index contributed by atoms with van der Waals surface area (Å²) in [5, 5.41) is 7.19. The maximum Gasteiger partial charge on any atom is 0.142 e. The van der Waals surface area contributed by atoms with Crippen molar-refractivity contribution in [3.8, 4) is 5.75 Å². The predicted octanol–water partition coefficient (Wildman–Crippen LogP) is 12.5. The summed E-state index contributed by atoms with van der Waals surface area (Å²) >= 11 is 0. The van der Waals surface area contributed by atoms with Crippen molar-refractivity contribution in [2.75, 3.05) is 19.1 Å². The molecule has 1 aliphatic carbocycles. The van der Waals surface area contributed by atoms with Crippen LogP contribution in [0, 0.1) is 6.92 Å². The number of aromatic nitrogens is 2. The topological polar surface area (TPSA) is 21.8 Å². The highest BCUT2D eigenvalue weighted by Gasteiger charge is 2.21. The first-order valence-electron chi connectivity index (χ1n) is 18.7. The van der Waals surface area contributed by atoms with Gasteiger partial charge in [0.2, 0.25) is 0 Å². The third-order valence-corrected chi connectivity index (χ3v) is 9.63. The van der Waals surface area contributed by atoms with Gasteiger partial charge in [-0.05, 0) is 68.3 Å². The number of rotatable bonds is 4. The van der Waals surface area contributed by atoms with Crippen LogP contribution in [-0.4, -0.2) is 23.1 Å². The van der Waals surface area contributed by atoms with Crippen molar-refractivity contribution in [3.05, 3.63) is 168 Å². The Bertz CT molecular complexity index is 2610. The summed E-state index contributed by atoms with van der Waals surface area (Å²) in [6, 6.07) is 44.5. The summed E-state index contributed by atoms with van der Waals surface area (Å²) in [7, 11) is 3.83. The van der Waals surface area contributed by atoms with E-state index in [1.54, 1.807) is 7.11 Å². The van der Waals surface area contributed by atoms with Gasteiger partial charge in [-0.3, -0.25) is 0 Å². The molecule has 4 heteroatoms. The highest BCUT2D eigenvalue weighted by molar-refractivity contribution is 6.30. The van der Waals surface area contributed by atoms with Crippen LogP contribution in [-0.2, 0) is 6.67 Å². The highest BCUT2D eigenvalue weighted by atomic mass is 16.5. The minimum atomic E-state index is 0.645. The summed E-state index contributed by atoms with van der Waals surface area (Å²) in [6.07, 6.45) is 11.3. The van der Waals surface area contributed by atoms with E-state index in [1.165, 1.54) is 67.6 Å². The number of ether oxygens (including phenoxy) is 1. The Hall–Kier alpha value is -6.00. The molecule has 5 aromatic carbocycles. The SMILES string of the molecule is C=c1ccccn(CN(C)c2ccccc2OC)c2c1cc1c3ccccc3n3c4ccccc4c2c13.CC.CC1=CCCC=C1.Cc1ccccc1.